The van der Waals surface area contributed by atoms with Crippen molar-refractivity contribution < 1.29 is 4.79 Å². The fraction of sp³-hybridized carbons (Fsp3) is 0.385. The number of carbonyl (C=O) groups excluding carboxylic acids is 1. The normalized spacial score (nSPS) is 12.9. The molecule has 0 aliphatic heterocycles. The molecule has 0 bridgehead atoms. The van der Waals surface area contributed by atoms with Crippen molar-refractivity contribution in [3.63, 3.8) is 0 Å². The summed E-state index contributed by atoms with van der Waals surface area (Å²) in [7, 11) is 0. The molecule has 1 aromatic carbocycles. The van der Waals surface area contributed by atoms with Crippen LogP contribution in [0.25, 0.3) is 10.2 Å². The fourth-order valence-corrected chi connectivity index (χ4v) is 2.91. The first-order chi connectivity index (χ1) is 8.95. The van der Waals surface area contributed by atoms with Crippen LogP contribution in [0.3, 0.4) is 0 Å². The molecule has 1 amide bonds. The van der Waals surface area contributed by atoms with Crippen LogP contribution >= 0.6 is 22.9 Å². The Balaban J connectivity index is 2.10. The molecule has 1 aromatic heterocycles. The molecule has 3 N–H and O–H groups in total. The third-order valence-electron chi connectivity index (χ3n) is 2.64. The lowest BCUT2D eigenvalue weighted by Gasteiger charge is -2.12. The number of anilines is 1. The number of aromatic nitrogens is 1. The topological polar surface area (TPSA) is 68.0 Å². The van der Waals surface area contributed by atoms with Crippen LogP contribution in [0.15, 0.2) is 18.2 Å². The number of hydrogen-bond donors (Lipinski definition) is 2. The molecule has 102 valence electrons. The first-order valence-corrected chi connectivity index (χ1v) is 7.27. The third kappa shape index (κ3) is 3.65. The van der Waals surface area contributed by atoms with Gasteiger partial charge in [-0.1, -0.05) is 36.8 Å². The number of fused-ring (bicyclic) bond motifs is 1. The Kier molecular flexibility index (Phi) is 4.39. The second-order valence-electron chi connectivity index (χ2n) is 4.86. The third-order valence-corrected chi connectivity index (χ3v) is 3.81. The number of nitrogens with one attached hydrogen (secondary N) is 1. The zero-order chi connectivity index (χ0) is 14.0. The number of halogens is 1. The van der Waals surface area contributed by atoms with E-state index >= 15 is 0 Å². The average Bonchev–Trinajstić information content (AvgIpc) is 2.69. The molecule has 0 aliphatic carbocycles. The lowest BCUT2D eigenvalue weighted by molar-refractivity contribution is -0.117. The Morgan fingerprint density at radius 2 is 2.26 bits per heavy atom. The van der Waals surface area contributed by atoms with Crippen LogP contribution in [-0.2, 0) is 4.79 Å². The van der Waals surface area contributed by atoms with Gasteiger partial charge in [0.25, 0.3) is 0 Å². The molecule has 0 spiro atoms. The minimum atomic E-state index is -0.504. The van der Waals surface area contributed by atoms with E-state index in [1.165, 1.54) is 11.3 Å². The molecule has 2 rings (SSSR count). The number of benzene rings is 1. The van der Waals surface area contributed by atoms with E-state index in [9.17, 15) is 4.79 Å². The number of carbonyl (C=O) groups is 1. The predicted octanol–water partition coefficient (Wildman–Crippen LogP) is 3.26. The van der Waals surface area contributed by atoms with Crippen LogP contribution in [0.4, 0.5) is 5.13 Å². The van der Waals surface area contributed by atoms with Gasteiger partial charge in [0, 0.05) is 5.02 Å². The molecule has 0 aliphatic rings. The number of amides is 1. The molecule has 0 saturated heterocycles. The highest BCUT2D eigenvalue weighted by Crippen LogP contribution is 2.28. The van der Waals surface area contributed by atoms with E-state index in [1.807, 2.05) is 26.0 Å². The monoisotopic (exact) mass is 297 g/mol. The Labute approximate surface area is 121 Å². The van der Waals surface area contributed by atoms with Gasteiger partial charge in [0.15, 0.2) is 5.13 Å². The SMILES string of the molecule is CC(C)C[C@H](N)C(=O)Nc1nc2ccc(Cl)cc2s1. The Morgan fingerprint density at radius 3 is 2.95 bits per heavy atom. The van der Waals surface area contributed by atoms with E-state index in [2.05, 4.69) is 10.3 Å². The maximum Gasteiger partial charge on any atom is 0.243 e. The van der Waals surface area contributed by atoms with E-state index in [1.54, 1.807) is 6.07 Å². The zero-order valence-electron chi connectivity index (χ0n) is 10.8. The van der Waals surface area contributed by atoms with Crippen molar-refractivity contribution in [2.24, 2.45) is 11.7 Å². The summed E-state index contributed by atoms with van der Waals surface area (Å²) in [4.78, 5) is 16.2. The van der Waals surface area contributed by atoms with Crippen molar-refractivity contribution >= 4 is 44.2 Å². The highest BCUT2D eigenvalue weighted by Gasteiger charge is 2.16. The minimum absolute atomic E-state index is 0.196. The van der Waals surface area contributed by atoms with Crippen molar-refractivity contribution in [3.05, 3.63) is 23.2 Å². The van der Waals surface area contributed by atoms with Gasteiger partial charge in [-0.15, -0.1) is 0 Å². The molecule has 19 heavy (non-hydrogen) atoms. The quantitative estimate of drug-likeness (QED) is 0.910. The lowest BCUT2D eigenvalue weighted by Crippen LogP contribution is -2.36. The van der Waals surface area contributed by atoms with Crippen LogP contribution < -0.4 is 11.1 Å². The second kappa shape index (κ2) is 5.86. The van der Waals surface area contributed by atoms with Crippen molar-refractivity contribution in [3.8, 4) is 0 Å². The van der Waals surface area contributed by atoms with Gasteiger partial charge in [0.2, 0.25) is 5.91 Å². The standard InChI is InChI=1S/C13H16ClN3OS/c1-7(2)5-9(15)12(18)17-13-16-10-4-3-8(14)6-11(10)19-13/h3-4,6-7,9H,5,15H2,1-2H3,(H,16,17,18)/t9-/m0/s1. The molecule has 0 unspecified atom stereocenters. The average molecular weight is 298 g/mol. The van der Waals surface area contributed by atoms with Crippen LogP contribution in [-0.4, -0.2) is 16.9 Å². The van der Waals surface area contributed by atoms with Crippen molar-refractivity contribution in [1.29, 1.82) is 0 Å². The number of hydrogen-bond acceptors (Lipinski definition) is 4. The second-order valence-corrected chi connectivity index (χ2v) is 6.32. The van der Waals surface area contributed by atoms with Crippen molar-refractivity contribution in [2.75, 3.05) is 5.32 Å². The number of rotatable bonds is 4. The van der Waals surface area contributed by atoms with E-state index in [4.69, 9.17) is 17.3 Å². The van der Waals surface area contributed by atoms with Gasteiger partial charge in [0.05, 0.1) is 16.3 Å². The molecular weight excluding hydrogens is 282 g/mol. The van der Waals surface area contributed by atoms with Gasteiger partial charge >= 0.3 is 0 Å². The summed E-state index contributed by atoms with van der Waals surface area (Å²) >= 11 is 7.31. The Hall–Kier alpha value is -1.17. The van der Waals surface area contributed by atoms with E-state index < -0.39 is 6.04 Å². The smallest absolute Gasteiger partial charge is 0.243 e. The highest BCUT2D eigenvalue weighted by molar-refractivity contribution is 7.22. The van der Waals surface area contributed by atoms with Gasteiger partial charge in [-0.25, -0.2) is 4.98 Å². The zero-order valence-corrected chi connectivity index (χ0v) is 12.4. The highest BCUT2D eigenvalue weighted by atomic mass is 35.5. The fourth-order valence-electron chi connectivity index (χ4n) is 1.76. The molecule has 0 radical (unpaired) electrons. The predicted molar refractivity (Wildman–Crippen MR) is 80.7 cm³/mol. The summed E-state index contributed by atoms with van der Waals surface area (Å²) in [5.41, 5.74) is 6.65. The summed E-state index contributed by atoms with van der Waals surface area (Å²) in [5, 5.41) is 3.97. The first-order valence-electron chi connectivity index (χ1n) is 6.08. The summed E-state index contributed by atoms with van der Waals surface area (Å²) in [5.74, 6) is 0.189. The van der Waals surface area contributed by atoms with Crippen LogP contribution in [0, 0.1) is 5.92 Å². The van der Waals surface area contributed by atoms with Gasteiger partial charge in [-0.2, -0.15) is 0 Å². The van der Waals surface area contributed by atoms with Crippen molar-refractivity contribution in [2.45, 2.75) is 26.3 Å². The number of nitrogens with two attached hydrogens (primary N) is 1. The summed E-state index contributed by atoms with van der Waals surface area (Å²) in [6.45, 7) is 4.07. The molecule has 0 saturated carbocycles. The van der Waals surface area contributed by atoms with Gasteiger partial charge in [-0.3, -0.25) is 4.79 Å². The van der Waals surface area contributed by atoms with E-state index in [-0.39, 0.29) is 5.91 Å². The largest absolute Gasteiger partial charge is 0.320 e. The molecule has 0 fully saturated rings. The van der Waals surface area contributed by atoms with Crippen molar-refractivity contribution in [1.82, 2.24) is 4.98 Å². The number of nitrogens with zero attached hydrogens (tertiary/aromatic N) is 1. The Bertz CT molecular complexity index is 597. The molecular formula is C13H16ClN3OS. The van der Waals surface area contributed by atoms with E-state index in [0.717, 1.165) is 10.2 Å². The van der Waals surface area contributed by atoms with Gasteiger partial charge in [0.1, 0.15) is 0 Å². The van der Waals surface area contributed by atoms with Crippen LogP contribution in [0.1, 0.15) is 20.3 Å². The number of thiazole rings is 1. The lowest BCUT2D eigenvalue weighted by atomic mass is 10.0. The maximum atomic E-state index is 11.9. The molecule has 1 heterocycles. The van der Waals surface area contributed by atoms with Gasteiger partial charge < -0.3 is 11.1 Å². The molecule has 4 nitrogen and oxygen atoms in total. The van der Waals surface area contributed by atoms with Crippen LogP contribution in [0.5, 0.6) is 0 Å². The summed E-state index contributed by atoms with van der Waals surface area (Å²) in [6, 6.07) is 4.94. The molecule has 2 aromatic rings. The maximum absolute atomic E-state index is 11.9. The summed E-state index contributed by atoms with van der Waals surface area (Å²) in [6.07, 6.45) is 0.655. The van der Waals surface area contributed by atoms with Crippen LogP contribution in [0.2, 0.25) is 5.02 Å². The first kappa shape index (κ1) is 14.2. The molecule has 6 heteroatoms. The van der Waals surface area contributed by atoms with E-state index in [0.29, 0.717) is 22.5 Å². The Morgan fingerprint density at radius 1 is 1.53 bits per heavy atom. The summed E-state index contributed by atoms with van der Waals surface area (Å²) < 4.78 is 0.945. The minimum Gasteiger partial charge on any atom is -0.320 e. The van der Waals surface area contributed by atoms with Gasteiger partial charge in [-0.05, 0) is 30.5 Å². The molecule has 1 atom stereocenters.